The molecule has 0 bridgehead atoms. The van der Waals surface area contributed by atoms with E-state index < -0.39 is 0 Å². The van der Waals surface area contributed by atoms with Crippen molar-refractivity contribution in [2.24, 2.45) is 5.92 Å². The first-order valence-electron chi connectivity index (χ1n) is 5.34. The first-order valence-corrected chi connectivity index (χ1v) is 5.34. The van der Waals surface area contributed by atoms with Gasteiger partial charge in [0.2, 0.25) is 0 Å². The fraction of sp³-hybridized carbons (Fsp3) is 0.909. The van der Waals surface area contributed by atoms with Crippen LogP contribution in [-0.4, -0.2) is 30.3 Å². The first kappa shape index (κ1) is 12.6. The number of carbonyl (C=O) groups is 1. The van der Waals surface area contributed by atoms with Gasteiger partial charge in [0.05, 0.1) is 6.54 Å². The third kappa shape index (κ3) is 6.76. The molecule has 0 heterocycles. The highest BCUT2D eigenvalue weighted by Crippen LogP contribution is 2.00. The van der Waals surface area contributed by atoms with E-state index in [1.54, 1.807) is 0 Å². The Hall–Kier alpha value is -0.370. The van der Waals surface area contributed by atoms with Crippen molar-refractivity contribution < 1.29 is 4.79 Å². The van der Waals surface area contributed by atoms with Crippen LogP contribution in [0.4, 0.5) is 0 Å². The molecular weight excluding hydrogens is 162 g/mol. The molecule has 0 aromatic rings. The summed E-state index contributed by atoms with van der Waals surface area (Å²) in [7, 11) is 0. The molecule has 0 saturated carbocycles. The molecule has 78 valence electrons. The molecule has 13 heavy (non-hydrogen) atoms. The number of ketones is 1. The Morgan fingerprint density at radius 2 is 1.92 bits per heavy atom. The maximum absolute atomic E-state index is 11.4. The van der Waals surface area contributed by atoms with Crippen molar-refractivity contribution in [3.8, 4) is 0 Å². The summed E-state index contributed by atoms with van der Waals surface area (Å²) in [6, 6.07) is 0. The molecule has 0 N–H and O–H groups in total. The number of hydrogen-bond acceptors (Lipinski definition) is 2. The highest BCUT2D eigenvalue weighted by molar-refractivity contribution is 5.80. The molecule has 0 aliphatic rings. The maximum Gasteiger partial charge on any atom is 0.146 e. The lowest BCUT2D eigenvalue weighted by Crippen LogP contribution is -2.32. The van der Waals surface area contributed by atoms with Gasteiger partial charge in [-0.05, 0) is 18.9 Å². The van der Waals surface area contributed by atoms with Crippen LogP contribution in [0.2, 0.25) is 0 Å². The molecule has 0 saturated heterocycles. The molecule has 0 aliphatic heterocycles. The molecule has 0 fully saturated rings. The summed E-state index contributed by atoms with van der Waals surface area (Å²) in [5.74, 6) is 1.03. The van der Waals surface area contributed by atoms with Gasteiger partial charge in [0, 0.05) is 13.0 Å². The van der Waals surface area contributed by atoms with Crippen LogP contribution in [0.1, 0.15) is 40.5 Å². The maximum atomic E-state index is 11.4. The minimum absolute atomic E-state index is 0.380. The highest BCUT2D eigenvalue weighted by Gasteiger charge is 2.09. The second-order valence-corrected chi connectivity index (χ2v) is 4.01. The zero-order chi connectivity index (χ0) is 10.3. The number of hydrogen-bond donors (Lipinski definition) is 0. The molecule has 0 aromatic carbocycles. The van der Waals surface area contributed by atoms with Gasteiger partial charge in [0.15, 0.2) is 0 Å². The van der Waals surface area contributed by atoms with E-state index in [4.69, 9.17) is 0 Å². The quantitative estimate of drug-likeness (QED) is 0.606. The van der Waals surface area contributed by atoms with Crippen LogP contribution >= 0.6 is 0 Å². The number of nitrogens with zero attached hydrogens (tertiary/aromatic N) is 1. The van der Waals surface area contributed by atoms with E-state index in [2.05, 4.69) is 32.6 Å². The Labute approximate surface area is 82.3 Å². The Kier molecular flexibility index (Phi) is 6.87. The summed E-state index contributed by atoms with van der Waals surface area (Å²) in [4.78, 5) is 13.6. The second kappa shape index (κ2) is 7.07. The second-order valence-electron chi connectivity index (χ2n) is 4.01. The Morgan fingerprint density at radius 1 is 1.31 bits per heavy atom. The molecule has 0 atom stereocenters. The zero-order valence-corrected chi connectivity index (χ0v) is 9.47. The van der Waals surface area contributed by atoms with E-state index in [-0.39, 0.29) is 0 Å². The number of rotatable bonds is 7. The largest absolute Gasteiger partial charge is 0.298 e. The molecule has 0 aromatic heterocycles. The molecule has 0 amide bonds. The van der Waals surface area contributed by atoms with E-state index in [1.165, 1.54) is 0 Å². The van der Waals surface area contributed by atoms with E-state index in [0.717, 1.165) is 25.9 Å². The predicted octanol–water partition coefficient (Wildman–Crippen LogP) is 2.33. The molecule has 0 rings (SSSR count). The van der Waals surface area contributed by atoms with Gasteiger partial charge in [-0.3, -0.25) is 9.69 Å². The van der Waals surface area contributed by atoms with Crippen molar-refractivity contribution in [2.45, 2.75) is 40.5 Å². The Morgan fingerprint density at radius 3 is 2.31 bits per heavy atom. The summed E-state index contributed by atoms with van der Waals surface area (Å²) in [5, 5.41) is 0. The summed E-state index contributed by atoms with van der Waals surface area (Å²) in [5.41, 5.74) is 0. The van der Waals surface area contributed by atoms with Crippen LogP contribution in [0.25, 0.3) is 0 Å². The van der Waals surface area contributed by atoms with Gasteiger partial charge in [-0.25, -0.2) is 0 Å². The van der Waals surface area contributed by atoms with Gasteiger partial charge < -0.3 is 0 Å². The summed E-state index contributed by atoms with van der Waals surface area (Å²) < 4.78 is 0. The van der Waals surface area contributed by atoms with Crippen molar-refractivity contribution in [1.29, 1.82) is 0 Å². The summed E-state index contributed by atoms with van der Waals surface area (Å²) >= 11 is 0. The van der Waals surface area contributed by atoms with Crippen molar-refractivity contribution in [3.05, 3.63) is 0 Å². The van der Waals surface area contributed by atoms with Crippen LogP contribution in [0.5, 0.6) is 0 Å². The minimum atomic E-state index is 0.380. The molecule has 0 aliphatic carbocycles. The van der Waals surface area contributed by atoms with Gasteiger partial charge in [0.25, 0.3) is 0 Å². The molecule has 0 radical (unpaired) electrons. The average molecular weight is 185 g/mol. The third-order valence-electron chi connectivity index (χ3n) is 2.00. The fourth-order valence-electron chi connectivity index (χ4n) is 1.43. The van der Waals surface area contributed by atoms with Crippen LogP contribution in [0.15, 0.2) is 0 Å². The van der Waals surface area contributed by atoms with Gasteiger partial charge in [-0.1, -0.05) is 27.7 Å². The standard InChI is InChI=1S/C11H23NO/c1-5-7-11(13)9-12(6-2)8-10(3)4/h10H,5-9H2,1-4H3. The molecule has 2 heteroatoms. The third-order valence-corrected chi connectivity index (χ3v) is 2.00. The zero-order valence-electron chi connectivity index (χ0n) is 9.47. The highest BCUT2D eigenvalue weighted by atomic mass is 16.1. The van der Waals surface area contributed by atoms with Crippen molar-refractivity contribution in [1.82, 2.24) is 4.90 Å². The SMILES string of the molecule is CCCC(=O)CN(CC)CC(C)C. The number of Topliss-reactive ketones (excluding diaryl/α,β-unsaturated/α-hetero) is 1. The van der Waals surface area contributed by atoms with Gasteiger partial charge in [0.1, 0.15) is 5.78 Å². The Bertz CT molecular complexity index is 143. The van der Waals surface area contributed by atoms with Gasteiger partial charge >= 0.3 is 0 Å². The predicted molar refractivity (Wildman–Crippen MR) is 56.9 cm³/mol. The van der Waals surface area contributed by atoms with Crippen molar-refractivity contribution in [2.75, 3.05) is 19.6 Å². The van der Waals surface area contributed by atoms with E-state index >= 15 is 0 Å². The lowest BCUT2D eigenvalue weighted by atomic mass is 10.2. The lowest BCUT2D eigenvalue weighted by Gasteiger charge is -2.21. The lowest BCUT2D eigenvalue weighted by molar-refractivity contribution is -0.120. The van der Waals surface area contributed by atoms with Gasteiger partial charge in [-0.15, -0.1) is 0 Å². The van der Waals surface area contributed by atoms with Crippen molar-refractivity contribution >= 4 is 5.78 Å². The van der Waals surface area contributed by atoms with E-state index in [1.807, 2.05) is 0 Å². The topological polar surface area (TPSA) is 20.3 Å². The van der Waals surface area contributed by atoms with E-state index in [9.17, 15) is 4.79 Å². The van der Waals surface area contributed by atoms with Crippen LogP contribution in [0, 0.1) is 5.92 Å². The van der Waals surface area contributed by atoms with Gasteiger partial charge in [-0.2, -0.15) is 0 Å². The van der Waals surface area contributed by atoms with E-state index in [0.29, 0.717) is 18.2 Å². The molecule has 0 unspecified atom stereocenters. The summed E-state index contributed by atoms with van der Waals surface area (Å²) in [6.07, 6.45) is 1.70. The fourth-order valence-corrected chi connectivity index (χ4v) is 1.43. The normalized spacial score (nSPS) is 11.2. The molecule has 0 spiro atoms. The minimum Gasteiger partial charge on any atom is -0.298 e. The Balaban J connectivity index is 3.76. The number of likely N-dealkylation sites (N-methyl/N-ethyl adjacent to an activating group) is 1. The monoisotopic (exact) mass is 185 g/mol. The molecule has 2 nitrogen and oxygen atoms in total. The van der Waals surface area contributed by atoms with Crippen molar-refractivity contribution in [3.63, 3.8) is 0 Å². The molecular formula is C11H23NO. The average Bonchev–Trinajstić information content (AvgIpc) is 2.02. The smallest absolute Gasteiger partial charge is 0.146 e. The number of carbonyl (C=O) groups excluding carboxylic acids is 1. The first-order chi connectivity index (χ1) is 6.10. The summed E-state index contributed by atoms with van der Waals surface area (Å²) in [6.45, 7) is 11.2. The van der Waals surface area contributed by atoms with Crippen LogP contribution < -0.4 is 0 Å². The van der Waals surface area contributed by atoms with Crippen LogP contribution in [-0.2, 0) is 4.79 Å². The van der Waals surface area contributed by atoms with Crippen LogP contribution in [0.3, 0.4) is 0 Å².